The normalized spacial score (nSPS) is 11.9. The molecule has 0 saturated carbocycles. The molecule has 0 aliphatic rings. The van der Waals surface area contributed by atoms with Gasteiger partial charge in [0.1, 0.15) is 16.4 Å². The summed E-state index contributed by atoms with van der Waals surface area (Å²) >= 11 is 12.0. The van der Waals surface area contributed by atoms with Crippen molar-refractivity contribution in [1.29, 1.82) is 5.26 Å². The van der Waals surface area contributed by atoms with E-state index in [1.165, 1.54) is 41.7 Å². The van der Waals surface area contributed by atoms with E-state index >= 15 is 0 Å². The molecule has 0 amide bonds. The van der Waals surface area contributed by atoms with Crippen molar-refractivity contribution < 1.29 is 13.2 Å². The number of nitrogens with zero attached hydrogens (tertiary/aromatic N) is 4. The van der Waals surface area contributed by atoms with Gasteiger partial charge < -0.3 is 14.5 Å². The minimum absolute atomic E-state index is 0.0881. The van der Waals surface area contributed by atoms with Crippen LogP contribution in [0, 0.1) is 11.3 Å². The van der Waals surface area contributed by atoms with Crippen LogP contribution in [0.3, 0.4) is 0 Å². The highest BCUT2D eigenvalue weighted by atomic mass is 35.5. The second kappa shape index (κ2) is 11.1. The van der Waals surface area contributed by atoms with Crippen LogP contribution in [-0.4, -0.2) is 76.9 Å². The van der Waals surface area contributed by atoms with Gasteiger partial charge in [0.05, 0.1) is 11.6 Å². The highest BCUT2D eigenvalue weighted by Crippen LogP contribution is 2.33. The van der Waals surface area contributed by atoms with Crippen molar-refractivity contribution in [3.8, 4) is 17.6 Å². The summed E-state index contributed by atoms with van der Waals surface area (Å²) in [6.07, 6.45) is 0. The first-order valence-electron chi connectivity index (χ1n) is 9.50. The maximum absolute atomic E-state index is 13.3. The Balaban J connectivity index is 2.28. The zero-order valence-electron chi connectivity index (χ0n) is 18.0. The van der Waals surface area contributed by atoms with Gasteiger partial charge in [-0.15, -0.1) is 0 Å². The van der Waals surface area contributed by atoms with Crippen molar-refractivity contribution in [3.63, 3.8) is 0 Å². The lowest BCUT2D eigenvalue weighted by atomic mass is 10.2. The molecule has 0 fully saturated rings. The van der Waals surface area contributed by atoms with Crippen LogP contribution in [0.1, 0.15) is 5.56 Å². The summed E-state index contributed by atoms with van der Waals surface area (Å²) in [5, 5.41) is 9.97. The van der Waals surface area contributed by atoms with E-state index in [4.69, 9.17) is 27.9 Å². The van der Waals surface area contributed by atoms with Gasteiger partial charge in [-0.1, -0.05) is 23.2 Å². The van der Waals surface area contributed by atoms with E-state index in [1.807, 2.05) is 27.2 Å². The molecule has 2 aromatic carbocycles. The summed E-state index contributed by atoms with van der Waals surface area (Å²) in [5.74, 6) is 0.384. The summed E-state index contributed by atoms with van der Waals surface area (Å²) in [5.41, 5.74) is 0.214. The Morgan fingerprint density at radius 1 is 0.935 bits per heavy atom. The first-order chi connectivity index (χ1) is 14.5. The first-order valence-corrected chi connectivity index (χ1v) is 11.7. The lowest BCUT2D eigenvalue weighted by Gasteiger charge is -2.24. The van der Waals surface area contributed by atoms with Gasteiger partial charge in [-0.25, -0.2) is 8.42 Å². The number of benzene rings is 2. The smallest absolute Gasteiger partial charge is 0.246 e. The van der Waals surface area contributed by atoms with Crippen LogP contribution in [0.5, 0.6) is 11.5 Å². The highest BCUT2D eigenvalue weighted by molar-refractivity contribution is 7.89. The SMILES string of the molecule is CN(C)CCN(C)CCN(C)S(=O)(=O)c1cc(C#N)ccc1Oc1cc(Cl)cc(Cl)c1. The molecule has 0 atom stereocenters. The molecule has 2 aromatic rings. The van der Waals surface area contributed by atoms with Gasteiger partial charge in [-0.2, -0.15) is 9.57 Å². The first kappa shape index (κ1) is 25.4. The standard InChI is InChI=1S/C21H26Cl2N4O3S/c1-25(2)7-8-26(3)9-10-27(4)31(28,29)21-11-16(15-24)5-6-20(21)30-19-13-17(22)12-18(23)14-19/h5-6,11-14H,7-10H2,1-4H3. The number of hydrogen-bond acceptors (Lipinski definition) is 6. The Morgan fingerprint density at radius 3 is 2.13 bits per heavy atom. The molecule has 0 N–H and O–H groups in total. The maximum atomic E-state index is 13.3. The molecule has 0 spiro atoms. The number of halogens is 2. The lowest BCUT2D eigenvalue weighted by Crippen LogP contribution is -2.37. The van der Waals surface area contributed by atoms with Crippen molar-refractivity contribution in [2.24, 2.45) is 0 Å². The molecule has 0 radical (unpaired) electrons. The van der Waals surface area contributed by atoms with E-state index in [0.29, 0.717) is 22.3 Å². The largest absolute Gasteiger partial charge is 0.456 e. The monoisotopic (exact) mass is 484 g/mol. The molecule has 31 heavy (non-hydrogen) atoms. The Hall–Kier alpha value is -1.86. The highest BCUT2D eigenvalue weighted by Gasteiger charge is 2.26. The summed E-state index contributed by atoms with van der Waals surface area (Å²) in [6.45, 7) is 2.53. The number of nitriles is 1. The minimum atomic E-state index is -3.92. The molecular weight excluding hydrogens is 459 g/mol. The van der Waals surface area contributed by atoms with E-state index in [1.54, 1.807) is 6.07 Å². The van der Waals surface area contributed by atoms with E-state index < -0.39 is 10.0 Å². The maximum Gasteiger partial charge on any atom is 0.246 e. The van der Waals surface area contributed by atoms with E-state index in [-0.39, 0.29) is 22.8 Å². The predicted octanol–water partition coefficient (Wildman–Crippen LogP) is 3.77. The average molecular weight is 485 g/mol. The molecule has 0 aliphatic carbocycles. The molecule has 0 heterocycles. The summed E-state index contributed by atoms with van der Waals surface area (Å²) < 4.78 is 33.6. The van der Waals surface area contributed by atoms with Gasteiger partial charge in [0.25, 0.3) is 0 Å². The number of likely N-dealkylation sites (N-methyl/N-ethyl adjacent to an activating group) is 3. The summed E-state index contributed by atoms with van der Waals surface area (Å²) in [6, 6.07) is 10.8. The number of ether oxygens (including phenoxy) is 1. The van der Waals surface area contributed by atoms with Crippen LogP contribution in [0.4, 0.5) is 0 Å². The predicted molar refractivity (Wildman–Crippen MR) is 124 cm³/mol. The van der Waals surface area contributed by atoms with Gasteiger partial charge in [-0.05, 0) is 57.5 Å². The van der Waals surface area contributed by atoms with Gasteiger partial charge in [-0.3, -0.25) is 0 Å². The topological polar surface area (TPSA) is 76.9 Å². The molecule has 0 saturated heterocycles. The Morgan fingerprint density at radius 2 is 1.55 bits per heavy atom. The van der Waals surface area contributed by atoms with Crippen LogP contribution >= 0.6 is 23.2 Å². The number of hydrogen-bond donors (Lipinski definition) is 0. The van der Waals surface area contributed by atoms with Crippen LogP contribution in [0.2, 0.25) is 10.0 Å². The van der Waals surface area contributed by atoms with Gasteiger partial charge >= 0.3 is 0 Å². The molecule has 7 nitrogen and oxygen atoms in total. The molecule has 0 unspecified atom stereocenters. The molecular formula is C21H26Cl2N4O3S. The fourth-order valence-corrected chi connectivity index (χ4v) is 4.46. The van der Waals surface area contributed by atoms with Crippen molar-refractivity contribution in [3.05, 3.63) is 52.0 Å². The Kier molecular flexibility index (Phi) is 9.13. The fraction of sp³-hybridized carbons (Fsp3) is 0.381. The van der Waals surface area contributed by atoms with Crippen molar-refractivity contribution in [2.45, 2.75) is 4.90 Å². The van der Waals surface area contributed by atoms with Crippen molar-refractivity contribution in [2.75, 3.05) is 54.4 Å². The summed E-state index contributed by atoms with van der Waals surface area (Å²) in [4.78, 5) is 4.03. The third-order valence-corrected chi connectivity index (χ3v) is 6.86. The van der Waals surface area contributed by atoms with E-state index in [0.717, 1.165) is 13.1 Å². The Labute approximate surface area is 194 Å². The van der Waals surface area contributed by atoms with Crippen LogP contribution in [0.25, 0.3) is 0 Å². The molecule has 0 aromatic heterocycles. The van der Waals surface area contributed by atoms with E-state index in [2.05, 4.69) is 9.80 Å². The zero-order chi connectivity index (χ0) is 23.2. The third kappa shape index (κ3) is 7.35. The average Bonchev–Trinajstić information content (AvgIpc) is 2.69. The Bertz CT molecular complexity index is 1030. The third-order valence-electron chi connectivity index (χ3n) is 4.55. The fourth-order valence-electron chi connectivity index (χ4n) is 2.66. The molecule has 2 rings (SSSR count). The van der Waals surface area contributed by atoms with Gasteiger partial charge in [0.15, 0.2) is 0 Å². The second-order valence-corrected chi connectivity index (χ2v) is 10.3. The molecule has 10 heteroatoms. The minimum Gasteiger partial charge on any atom is -0.456 e. The summed E-state index contributed by atoms with van der Waals surface area (Å²) in [7, 11) is 3.51. The molecule has 168 valence electrons. The van der Waals surface area contributed by atoms with Gasteiger partial charge in [0, 0.05) is 43.3 Å². The molecule has 0 bridgehead atoms. The zero-order valence-corrected chi connectivity index (χ0v) is 20.3. The van der Waals surface area contributed by atoms with Gasteiger partial charge in [0.2, 0.25) is 10.0 Å². The van der Waals surface area contributed by atoms with Crippen molar-refractivity contribution in [1.82, 2.24) is 14.1 Å². The number of rotatable bonds is 10. The van der Waals surface area contributed by atoms with Crippen LogP contribution in [0.15, 0.2) is 41.3 Å². The van der Waals surface area contributed by atoms with Crippen LogP contribution < -0.4 is 4.74 Å². The lowest BCUT2D eigenvalue weighted by molar-refractivity contribution is 0.268. The number of sulfonamides is 1. The quantitative estimate of drug-likeness (QED) is 0.510. The molecule has 0 aliphatic heterocycles. The van der Waals surface area contributed by atoms with Crippen molar-refractivity contribution >= 4 is 33.2 Å². The van der Waals surface area contributed by atoms with E-state index in [9.17, 15) is 13.7 Å². The second-order valence-electron chi connectivity index (χ2n) is 7.41. The van der Waals surface area contributed by atoms with Crippen LogP contribution in [-0.2, 0) is 10.0 Å².